The van der Waals surface area contributed by atoms with Crippen LogP contribution in [0.4, 0.5) is 0 Å². The molecule has 1 aromatic rings. The number of para-hydroxylation sites is 1. The lowest BCUT2D eigenvalue weighted by molar-refractivity contribution is 0.0975. The molecule has 84 valence electrons. The van der Waals surface area contributed by atoms with Gasteiger partial charge in [-0.3, -0.25) is 0 Å². The number of nitrogens with two attached hydrogens (primary N) is 1. The van der Waals surface area contributed by atoms with E-state index in [9.17, 15) is 0 Å². The van der Waals surface area contributed by atoms with Gasteiger partial charge in [0.1, 0.15) is 11.9 Å². The summed E-state index contributed by atoms with van der Waals surface area (Å²) in [5, 5.41) is 9.10. The third-order valence-electron chi connectivity index (χ3n) is 2.65. The highest BCUT2D eigenvalue weighted by atomic mass is 16.5. The molecule has 16 heavy (non-hydrogen) atoms. The lowest BCUT2D eigenvalue weighted by atomic mass is 9.99. The van der Waals surface area contributed by atoms with Crippen LogP contribution in [0, 0.1) is 11.8 Å². The first kappa shape index (κ1) is 11.0. The first-order valence-electron chi connectivity index (χ1n) is 5.43. The van der Waals surface area contributed by atoms with Crippen LogP contribution < -0.4 is 10.5 Å². The molecule has 1 aliphatic rings. The van der Waals surface area contributed by atoms with Crippen molar-refractivity contribution >= 4 is 0 Å². The Kier molecular flexibility index (Phi) is 3.45. The van der Waals surface area contributed by atoms with Gasteiger partial charge >= 0.3 is 0 Å². The van der Waals surface area contributed by atoms with Gasteiger partial charge in [0.15, 0.2) is 0 Å². The number of aryl methyl sites for hydroxylation is 1. The second-order valence-electron chi connectivity index (χ2n) is 3.76. The zero-order valence-electron chi connectivity index (χ0n) is 9.07. The minimum Gasteiger partial charge on any atom is -0.486 e. The van der Waals surface area contributed by atoms with Crippen LogP contribution in [0.15, 0.2) is 18.2 Å². The van der Waals surface area contributed by atoms with Gasteiger partial charge in [-0.15, -0.1) is 0 Å². The van der Waals surface area contributed by atoms with E-state index in [1.165, 1.54) is 0 Å². The average molecular weight is 217 g/mol. The monoisotopic (exact) mass is 217 g/mol. The molecule has 1 atom stereocenters. The number of benzene rings is 1. The molecule has 1 aliphatic heterocycles. The van der Waals surface area contributed by atoms with Crippen molar-refractivity contribution in [1.29, 1.82) is 0 Å². The Morgan fingerprint density at radius 1 is 1.50 bits per heavy atom. The standard InChI is InChI=1S/C13H15NO2/c14-8-2-5-10-3-1-4-11-6-7-12(9-15)16-13(10)11/h1,3-4,12,15H,6-9,14H2/t12-/m1/s1. The minimum atomic E-state index is -0.103. The number of ether oxygens (including phenoxy) is 1. The third-order valence-corrected chi connectivity index (χ3v) is 2.65. The van der Waals surface area contributed by atoms with Crippen LogP contribution in [-0.2, 0) is 6.42 Å². The normalized spacial score (nSPS) is 18.0. The number of aliphatic hydroxyl groups is 1. The number of hydrogen-bond acceptors (Lipinski definition) is 3. The van der Waals surface area contributed by atoms with E-state index in [1.807, 2.05) is 18.2 Å². The van der Waals surface area contributed by atoms with Crippen LogP contribution >= 0.6 is 0 Å². The van der Waals surface area contributed by atoms with Crippen LogP contribution in [0.1, 0.15) is 17.5 Å². The van der Waals surface area contributed by atoms with Gasteiger partial charge in [0.25, 0.3) is 0 Å². The summed E-state index contributed by atoms with van der Waals surface area (Å²) in [5.41, 5.74) is 7.37. The van der Waals surface area contributed by atoms with Gasteiger partial charge in [0.05, 0.1) is 18.7 Å². The lowest BCUT2D eigenvalue weighted by Gasteiger charge is -2.25. The summed E-state index contributed by atoms with van der Waals surface area (Å²) < 4.78 is 5.72. The predicted molar refractivity (Wildman–Crippen MR) is 62.2 cm³/mol. The van der Waals surface area contributed by atoms with E-state index in [1.54, 1.807) is 0 Å². The fourth-order valence-corrected chi connectivity index (χ4v) is 1.84. The van der Waals surface area contributed by atoms with E-state index in [-0.39, 0.29) is 12.7 Å². The molecule has 0 spiro atoms. The maximum Gasteiger partial charge on any atom is 0.138 e. The first-order chi connectivity index (χ1) is 7.85. The molecule has 0 amide bonds. The summed E-state index contributed by atoms with van der Waals surface area (Å²) in [6, 6.07) is 5.93. The van der Waals surface area contributed by atoms with E-state index >= 15 is 0 Å². The van der Waals surface area contributed by atoms with Crippen molar-refractivity contribution in [1.82, 2.24) is 0 Å². The Labute approximate surface area is 95.2 Å². The van der Waals surface area contributed by atoms with Crippen LogP contribution in [0.5, 0.6) is 5.75 Å². The van der Waals surface area contributed by atoms with Gasteiger partial charge in [-0.1, -0.05) is 24.0 Å². The van der Waals surface area contributed by atoms with Gasteiger partial charge in [-0.2, -0.15) is 0 Å². The van der Waals surface area contributed by atoms with E-state index in [0.29, 0.717) is 6.54 Å². The van der Waals surface area contributed by atoms with Gasteiger partial charge in [0, 0.05) is 0 Å². The zero-order chi connectivity index (χ0) is 11.4. The van der Waals surface area contributed by atoms with Crippen LogP contribution in [0.2, 0.25) is 0 Å². The summed E-state index contributed by atoms with van der Waals surface area (Å²) in [6.45, 7) is 0.394. The molecule has 1 aromatic carbocycles. The summed E-state index contributed by atoms with van der Waals surface area (Å²) in [7, 11) is 0. The second kappa shape index (κ2) is 5.02. The van der Waals surface area contributed by atoms with Crippen LogP contribution in [-0.4, -0.2) is 24.4 Å². The highest BCUT2D eigenvalue weighted by Crippen LogP contribution is 2.30. The van der Waals surface area contributed by atoms with E-state index in [0.717, 1.165) is 29.7 Å². The average Bonchev–Trinajstić information content (AvgIpc) is 2.35. The molecule has 0 aromatic heterocycles. The first-order valence-corrected chi connectivity index (χ1v) is 5.43. The van der Waals surface area contributed by atoms with E-state index < -0.39 is 0 Å². The van der Waals surface area contributed by atoms with Gasteiger partial charge < -0.3 is 15.6 Å². The predicted octanol–water partition coefficient (Wildman–Crippen LogP) is 0.683. The van der Waals surface area contributed by atoms with Crippen molar-refractivity contribution in [3.05, 3.63) is 29.3 Å². The molecule has 0 saturated heterocycles. The maximum atomic E-state index is 9.10. The summed E-state index contributed by atoms with van der Waals surface area (Å²) in [5.74, 6) is 6.63. The third kappa shape index (κ3) is 2.19. The Morgan fingerprint density at radius 3 is 3.12 bits per heavy atom. The molecule has 1 heterocycles. The molecule has 0 bridgehead atoms. The Bertz CT molecular complexity index is 431. The SMILES string of the molecule is NCC#Cc1cccc2c1O[C@@H](CO)CC2. The molecule has 3 heteroatoms. The largest absolute Gasteiger partial charge is 0.486 e. The molecule has 0 fully saturated rings. The molecular formula is C13H15NO2. The maximum absolute atomic E-state index is 9.10. The Morgan fingerprint density at radius 2 is 2.38 bits per heavy atom. The van der Waals surface area contributed by atoms with Gasteiger partial charge in [-0.25, -0.2) is 0 Å². The minimum absolute atomic E-state index is 0.0537. The summed E-state index contributed by atoms with van der Waals surface area (Å²) >= 11 is 0. The highest BCUT2D eigenvalue weighted by molar-refractivity contribution is 5.51. The van der Waals surface area contributed by atoms with Crippen molar-refractivity contribution in [2.45, 2.75) is 18.9 Å². The van der Waals surface area contributed by atoms with E-state index in [2.05, 4.69) is 11.8 Å². The molecule has 0 aliphatic carbocycles. The second-order valence-corrected chi connectivity index (χ2v) is 3.76. The Hall–Kier alpha value is -1.50. The summed E-state index contributed by atoms with van der Waals surface area (Å²) in [6.07, 6.45) is 1.68. The Balaban J connectivity index is 2.34. The smallest absolute Gasteiger partial charge is 0.138 e. The van der Waals surface area contributed by atoms with Gasteiger partial charge in [-0.05, 0) is 24.5 Å². The molecular weight excluding hydrogens is 202 g/mol. The van der Waals surface area contributed by atoms with Crippen molar-refractivity contribution < 1.29 is 9.84 Å². The molecule has 3 nitrogen and oxygen atoms in total. The number of aliphatic hydroxyl groups excluding tert-OH is 1. The summed E-state index contributed by atoms with van der Waals surface area (Å²) in [4.78, 5) is 0. The highest BCUT2D eigenvalue weighted by Gasteiger charge is 2.20. The molecule has 0 unspecified atom stereocenters. The number of hydrogen-bond donors (Lipinski definition) is 2. The number of rotatable bonds is 1. The fourth-order valence-electron chi connectivity index (χ4n) is 1.84. The van der Waals surface area contributed by atoms with Gasteiger partial charge in [0.2, 0.25) is 0 Å². The van der Waals surface area contributed by atoms with Crippen molar-refractivity contribution in [2.75, 3.05) is 13.2 Å². The molecule has 2 rings (SSSR count). The molecule has 0 saturated carbocycles. The van der Waals surface area contributed by atoms with Crippen LogP contribution in [0.25, 0.3) is 0 Å². The molecule has 0 radical (unpaired) electrons. The van der Waals surface area contributed by atoms with Crippen molar-refractivity contribution in [3.8, 4) is 17.6 Å². The number of fused-ring (bicyclic) bond motifs is 1. The van der Waals surface area contributed by atoms with Crippen molar-refractivity contribution in [3.63, 3.8) is 0 Å². The van der Waals surface area contributed by atoms with Crippen LogP contribution in [0.3, 0.4) is 0 Å². The van der Waals surface area contributed by atoms with E-state index in [4.69, 9.17) is 15.6 Å². The quantitative estimate of drug-likeness (QED) is 0.680. The van der Waals surface area contributed by atoms with Crippen molar-refractivity contribution in [2.24, 2.45) is 5.73 Å². The molecule has 3 N–H and O–H groups in total. The topological polar surface area (TPSA) is 55.5 Å². The lowest BCUT2D eigenvalue weighted by Crippen LogP contribution is -2.26. The fraction of sp³-hybridized carbons (Fsp3) is 0.385. The zero-order valence-corrected chi connectivity index (χ0v) is 9.07.